The molecule has 2 aromatic rings. The summed E-state index contributed by atoms with van der Waals surface area (Å²) in [5, 5.41) is 18.0. The van der Waals surface area contributed by atoms with Gasteiger partial charge in [0.15, 0.2) is 5.96 Å². The van der Waals surface area contributed by atoms with Crippen LogP contribution in [0, 0.1) is 13.8 Å². The van der Waals surface area contributed by atoms with E-state index in [0.29, 0.717) is 5.75 Å². The molecule has 1 aromatic heterocycles. The second-order valence-electron chi connectivity index (χ2n) is 6.64. The van der Waals surface area contributed by atoms with E-state index in [2.05, 4.69) is 32.1 Å². The summed E-state index contributed by atoms with van der Waals surface area (Å²) in [6.45, 7) is 8.27. The van der Waals surface area contributed by atoms with Crippen LogP contribution in [0.1, 0.15) is 17.0 Å². The predicted octanol–water partition coefficient (Wildman–Crippen LogP) is 1.64. The summed E-state index contributed by atoms with van der Waals surface area (Å²) in [7, 11) is 3.79. The van der Waals surface area contributed by atoms with Crippen molar-refractivity contribution < 1.29 is 5.11 Å². The SMILES string of the molecule is CN=C(NCc1c(C)nn(C)c1C)N1CCN(c2ccccc2O)CC1. The van der Waals surface area contributed by atoms with Crippen LogP contribution in [0.5, 0.6) is 5.75 Å². The minimum Gasteiger partial charge on any atom is -0.506 e. The number of guanidine groups is 1. The highest BCUT2D eigenvalue weighted by Gasteiger charge is 2.21. The molecule has 7 nitrogen and oxygen atoms in total. The van der Waals surface area contributed by atoms with E-state index in [0.717, 1.165) is 50.1 Å². The largest absolute Gasteiger partial charge is 0.506 e. The molecule has 26 heavy (non-hydrogen) atoms. The number of anilines is 1. The maximum Gasteiger partial charge on any atom is 0.194 e. The molecule has 140 valence electrons. The van der Waals surface area contributed by atoms with Gasteiger partial charge in [-0.1, -0.05) is 12.1 Å². The van der Waals surface area contributed by atoms with E-state index in [-0.39, 0.29) is 0 Å². The fourth-order valence-corrected chi connectivity index (χ4v) is 3.46. The van der Waals surface area contributed by atoms with Crippen molar-refractivity contribution in [1.29, 1.82) is 0 Å². The molecule has 0 aliphatic carbocycles. The Balaban J connectivity index is 1.60. The molecule has 0 amide bonds. The number of benzene rings is 1. The summed E-state index contributed by atoms with van der Waals surface area (Å²) in [4.78, 5) is 8.92. The second-order valence-corrected chi connectivity index (χ2v) is 6.64. The number of hydrogen-bond acceptors (Lipinski definition) is 4. The standard InChI is InChI=1S/C19H28N6O/c1-14-16(15(2)23(4)22-14)13-21-19(20-3)25-11-9-24(10-12-25)17-7-5-6-8-18(17)26/h5-8,26H,9-13H2,1-4H3,(H,20,21). The monoisotopic (exact) mass is 356 g/mol. The van der Waals surface area contributed by atoms with Crippen LogP contribution < -0.4 is 10.2 Å². The lowest BCUT2D eigenvalue weighted by Gasteiger charge is -2.37. The van der Waals surface area contributed by atoms with E-state index in [4.69, 9.17) is 0 Å². The summed E-state index contributed by atoms with van der Waals surface area (Å²) in [6.07, 6.45) is 0. The lowest BCUT2D eigenvalue weighted by molar-refractivity contribution is 0.369. The first-order valence-electron chi connectivity index (χ1n) is 8.99. The van der Waals surface area contributed by atoms with Gasteiger partial charge >= 0.3 is 0 Å². The molecule has 1 saturated heterocycles. The van der Waals surface area contributed by atoms with E-state index in [9.17, 15) is 5.11 Å². The number of aryl methyl sites for hydroxylation is 2. The van der Waals surface area contributed by atoms with Crippen LogP contribution in [-0.4, -0.2) is 59.0 Å². The van der Waals surface area contributed by atoms with Crippen molar-refractivity contribution in [3.63, 3.8) is 0 Å². The van der Waals surface area contributed by atoms with Gasteiger partial charge in [0, 0.05) is 58.1 Å². The van der Waals surface area contributed by atoms with E-state index < -0.39 is 0 Å². The molecule has 1 aromatic carbocycles. The first-order valence-corrected chi connectivity index (χ1v) is 8.99. The molecule has 0 bridgehead atoms. The highest BCUT2D eigenvalue weighted by molar-refractivity contribution is 5.80. The van der Waals surface area contributed by atoms with Gasteiger partial charge in [0.25, 0.3) is 0 Å². The quantitative estimate of drug-likeness (QED) is 0.646. The van der Waals surface area contributed by atoms with Crippen molar-refractivity contribution in [3.05, 3.63) is 41.2 Å². The Labute approximate surface area is 154 Å². The van der Waals surface area contributed by atoms with Gasteiger partial charge in [0.1, 0.15) is 5.75 Å². The number of rotatable bonds is 3. The van der Waals surface area contributed by atoms with Crippen LogP contribution >= 0.6 is 0 Å². The maximum absolute atomic E-state index is 10.0. The van der Waals surface area contributed by atoms with E-state index >= 15 is 0 Å². The number of phenolic OH excluding ortho intramolecular Hbond substituents is 1. The van der Waals surface area contributed by atoms with Crippen LogP contribution in [-0.2, 0) is 13.6 Å². The molecule has 0 spiro atoms. The number of para-hydroxylation sites is 2. The van der Waals surface area contributed by atoms with Crippen molar-refractivity contribution in [2.75, 3.05) is 38.1 Å². The summed E-state index contributed by atoms with van der Waals surface area (Å²) < 4.78 is 1.92. The molecular weight excluding hydrogens is 328 g/mol. The van der Waals surface area contributed by atoms with Crippen molar-refractivity contribution in [2.24, 2.45) is 12.0 Å². The Morgan fingerprint density at radius 1 is 1.19 bits per heavy atom. The Morgan fingerprint density at radius 3 is 2.46 bits per heavy atom. The molecule has 0 atom stereocenters. The van der Waals surface area contributed by atoms with Gasteiger partial charge in [0.2, 0.25) is 0 Å². The smallest absolute Gasteiger partial charge is 0.194 e. The third-order valence-corrected chi connectivity index (χ3v) is 5.10. The number of aromatic nitrogens is 2. The highest BCUT2D eigenvalue weighted by Crippen LogP contribution is 2.27. The van der Waals surface area contributed by atoms with Crippen LogP contribution in [0.2, 0.25) is 0 Å². The Kier molecular flexibility index (Phi) is 5.35. The van der Waals surface area contributed by atoms with Crippen molar-refractivity contribution in [3.8, 4) is 5.75 Å². The number of piperazine rings is 1. The minimum atomic E-state index is 0.339. The number of nitrogens with zero attached hydrogens (tertiary/aromatic N) is 5. The Bertz CT molecular complexity index is 789. The summed E-state index contributed by atoms with van der Waals surface area (Å²) in [6, 6.07) is 7.51. The topological polar surface area (TPSA) is 68.9 Å². The van der Waals surface area contributed by atoms with Gasteiger partial charge < -0.3 is 20.2 Å². The van der Waals surface area contributed by atoms with Gasteiger partial charge in [-0.15, -0.1) is 0 Å². The molecule has 2 heterocycles. The van der Waals surface area contributed by atoms with Crippen LogP contribution in [0.25, 0.3) is 0 Å². The first kappa shape index (κ1) is 18.1. The maximum atomic E-state index is 10.0. The van der Waals surface area contributed by atoms with Crippen LogP contribution in [0.4, 0.5) is 5.69 Å². The third-order valence-electron chi connectivity index (χ3n) is 5.10. The second kappa shape index (κ2) is 7.68. The minimum absolute atomic E-state index is 0.339. The fraction of sp³-hybridized carbons (Fsp3) is 0.474. The molecule has 0 unspecified atom stereocenters. The van der Waals surface area contributed by atoms with E-state index in [1.165, 1.54) is 11.3 Å². The van der Waals surface area contributed by atoms with E-state index in [1.54, 1.807) is 6.07 Å². The molecule has 1 aliphatic heterocycles. The lowest BCUT2D eigenvalue weighted by atomic mass is 10.2. The zero-order valence-electron chi connectivity index (χ0n) is 16.0. The Morgan fingerprint density at radius 2 is 1.88 bits per heavy atom. The summed E-state index contributed by atoms with van der Waals surface area (Å²) >= 11 is 0. The average molecular weight is 356 g/mol. The number of aliphatic imine (C=N–C) groups is 1. The third kappa shape index (κ3) is 3.61. The number of nitrogens with one attached hydrogen (secondary N) is 1. The van der Waals surface area contributed by atoms with Gasteiger partial charge in [-0.2, -0.15) is 5.10 Å². The molecule has 7 heteroatoms. The van der Waals surface area contributed by atoms with Crippen molar-refractivity contribution in [1.82, 2.24) is 20.0 Å². The zero-order valence-corrected chi connectivity index (χ0v) is 16.0. The summed E-state index contributed by atoms with van der Waals surface area (Å²) in [5.41, 5.74) is 4.35. The van der Waals surface area contributed by atoms with Gasteiger partial charge in [0.05, 0.1) is 11.4 Å². The predicted molar refractivity (Wildman–Crippen MR) is 105 cm³/mol. The van der Waals surface area contributed by atoms with Crippen LogP contribution in [0.3, 0.4) is 0 Å². The van der Waals surface area contributed by atoms with Crippen molar-refractivity contribution in [2.45, 2.75) is 20.4 Å². The first-order chi connectivity index (χ1) is 12.5. The van der Waals surface area contributed by atoms with Crippen molar-refractivity contribution >= 4 is 11.6 Å². The van der Waals surface area contributed by atoms with Gasteiger partial charge in [-0.25, -0.2) is 0 Å². The summed E-state index contributed by atoms with van der Waals surface area (Å²) in [5.74, 6) is 1.25. The molecule has 0 saturated carbocycles. The Hall–Kier alpha value is -2.70. The number of aromatic hydroxyl groups is 1. The molecule has 0 radical (unpaired) electrons. The molecule has 1 aliphatic rings. The van der Waals surface area contributed by atoms with Crippen LogP contribution in [0.15, 0.2) is 29.3 Å². The molecule has 2 N–H and O–H groups in total. The molecule has 3 rings (SSSR count). The average Bonchev–Trinajstić information content (AvgIpc) is 2.89. The highest BCUT2D eigenvalue weighted by atomic mass is 16.3. The number of hydrogen-bond donors (Lipinski definition) is 2. The molecular formula is C19H28N6O. The van der Waals surface area contributed by atoms with E-state index in [1.807, 2.05) is 43.9 Å². The number of phenols is 1. The molecule has 1 fully saturated rings. The normalized spacial score (nSPS) is 15.5. The lowest BCUT2D eigenvalue weighted by Crippen LogP contribution is -2.52. The van der Waals surface area contributed by atoms with Gasteiger partial charge in [-0.05, 0) is 26.0 Å². The van der Waals surface area contributed by atoms with Gasteiger partial charge in [-0.3, -0.25) is 9.67 Å². The fourth-order valence-electron chi connectivity index (χ4n) is 3.46. The zero-order chi connectivity index (χ0) is 18.7.